The van der Waals surface area contributed by atoms with E-state index >= 15 is 0 Å². The Morgan fingerprint density at radius 2 is 1.66 bits per heavy atom. The van der Waals surface area contributed by atoms with Gasteiger partial charge in [-0.2, -0.15) is 5.10 Å². The van der Waals surface area contributed by atoms with Crippen molar-refractivity contribution in [3.8, 4) is 45.7 Å². The SMILES string of the molecule is COc1cc(-c2nn(-c3ccc4c(c3)OCCO4)c3c2CCCCN3)cc(OC)c1OC. The predicted molar refractivity (Wildman–Crippen MR) is 121 cm³/mol. The Hall–Kier alpha value is -3.55. The smallest absolute Gasteiger partial charge is 0.203 e. The standard InChI is InChI=1S/C24H27N3O5/c1-28-20-12-15(13-21(29-2)23(20)30-3)22-17-6-4-5-9-25-24(17)27(26-22)16-7-8-18-19(14-16)32-11-10-31-18/h7-8,12-14,25H,4-6,9-11H2,1-3H3. The summed E-state index contributed by atoms with van der Waals surface area (Å²) in [6, 6.07) is 9.82. The summed E-state index contributed by atoms with van der Waals surface area (Å²) in [6.07, 6.45) is 3.12. The van der Waals surface area contributed by atoms with Crippen molar-refractivity contribution in [2.45, 2.75) is 19.3 Å². The lowest BCUT2D eigenvalue weighted by atomic mass is 10.0. The molecule has 0 unspecified atom stereocenters. The fourth-order valence-corrected chi connectivity index (χ4v) is 4.30. The Labute approximate surface area is 187 Å². The maximum Gasteiger partial charge on any atom is 0.203 e. The Morgan fingerprint density at radius 1 is 0.906 bits per heavy atom. The normalized spacial score (nSPS) is 14.7. The van der Waals surface area contributed by atoms with Crippen molar-refractivity contribution in [3.63, 3.8) is 0 Å². The van der Waals surface area contributed by atoms with Crippen LogP contribution >= 0.6 is 0 Å². The van der Waals surface area contributed by atoms with E-state index in [1.54, 1.807) is 21.3 Å². The first kappa shape index (κ1) is 20.4. The van der Waals surface area contributed by atoms with Gasteiger partial charge in [-0.1, -0.05) is 0 Å². The lowest BCUT2D eigenvalue weighted by Gasteiger charge is -2.19. The highest BCUT2D eigenvalue weighted by Crippen LogP contribution is 2.43. The molecule has 2 aromatic carbocycles. The van der Waals surface area contributed by atoms with Gasteiger partial charge in [0.25, 0.3) is 0 Å². The molecule has 5 rings (SSSR count). The van der Waals surface area contributed by atoms with Crippen molar-refractivity contribution < 1.29 is 23.7 Å². The molecule has 2 aliphatic rings. The number of anilines is 1. The van der Waals surface area contributed by atoms with Crippen LogP contribution < -0.4 is 29.0 Å². The van der Waals surface area contributed by atoms with E-state index < -0.39 is 0 Å². The van der Waals surface area contributed by atoms with Crippen LogP contribution in [0.3, 0.4) is 0 Å². The number of fused-ring (bicyclic) bond motifs is 2. The molecule has 0 radical (unpaired) electrons. The van der Waals surface area contributed by atoms with E-state index in [2.05, 4.69) is 5.32 Å². The van der Waals surface area contributed by atoms with Gasteiger partial charge in [0.2, 0.25) is 5.75 Å². The van der Waals surface area contributed by atoms with Gasteiger partial charge >= 0.3 is 0 Å². The zero-order valence-corrected chi connectivity index (χ0v) is 18.6. The fourth-order valence-electron chi connectivity index (χ4n) is 4.30. The van der Waals surface area contributed by atoms with Gasteiger partial charge in [0.1, 0.15) is 19.0 Å². The Kier molecular flexibility index (Phi) is 5.43. The lowest BCUT2D eigenvalue weighted by Crippen LogP contribution is -2.15. The number of benzene rings is 2. The average molecular weight is 437 g/mol. The van der Waals surface area contributed by atoms with Gasteiger partial charge in [0.15, 0.2) is 23.0 Å². The van der Waals surface area contributed by atoms with Crippen LogP contribution in [0.4, 0.5) is 5.82 Å². The van der Waals surface area contributed by atoms with Crippen LogP contribution in [0.25, 0.3) is 16.9 Å². The Bertz CT molecular complexity index is 1120. The van der Waals surface area contributed by atoms with Gasteiger partial charge in [-0.05, 0) is 43.5 Å². The monoisotopic (exact) mass is 437 g/mol. The minimum Gasteiger partial charge on any atom is -0.493 e. The number of ether oxygens (including phenoxy) is 5. The maximum atomic E-state index is 5.80. The number of hydrogen-bond acceptors (Lipinski definition) is 7. The summed E-state index contributed by atoms with van der Waals surface area (Å²) in [5.41, 5.74) is 3.89. The molecule has 0 spiro atoms. The number of methoxy groups -OCH3 is 3. The van der Waals surface area contributed by atoms with Crippen LogP contribution in [0.15, 0.2) is 30.3 Å². The zero-order valence-electron chi connectivity index (χ0n) is 18.6. The molecule has 3 aromatic rings. The molecule has 0 saturated carbocycles. The van der Waals surface area contributed by atoms with Crippen LogP contribution in [0.5, 0.6) is 28.7 Å². The van der Waals surface area contributed by atoms with Crippen molar-refractivity contribution >= 4 is 5.82 Å². The quantitative estimate of drug-likeness (QED) is 0.644. The molecule has 168 valence electrons. The van der Waals surface area contributed by atoms with Gasteiger partial charge in [0.05, 0.1) is 32.7 Å². The molecule has 0 fully saturated rings. The van der Waals surface area contributed by atoms with E-state index in [4.69, 9.17) is 28.8 Å². The number of hydrogen-bond donors (Lipinski definition) is 1. The summed E-state index contributed by atoms with van der Waals surface area (Å²) in [4.78, 5) is 0. The van der Waals surface area contributed by atoms with Gasteiger partial charge in [-0.25, -0.2) is 4.68 Å². The summed E-state index contributed by atoms with van der Waals surface area (Å²) in [5, 5.41) is 8.62. The van der Waals surface area contributed by atoms with Gasteiger partial charge in [0, 0.05) is 23.7 Å². The predicted octanol–water partition coefficient (Wildman–Crippen LogP) is 4.08. The summed E-state index contributed by atoms with van der Waals surface area (Å²) >= 11 is 0. The van der Waals surface area contributed by atoms with Crippen molar-refractivity contribution in [2.24, 2.45) is 0 Å². The molecule has 2 aliphatic heterocycles. The van der Waals surface area contributed by atoms with E-state index in [0.717, 1.165) is 60.1 Å². The first-order valence-electron chi connectivity index (χ1n) is 10.8. The largest absolute Gasteiger partial charge is 0.493 e. The van der Waals surface area contributed by atoms with E-state index in [-0.39, 0.29) is 0 Å². The van der Waals surface area contributed by atoms with Crippen molar-refractivity contribution in [1.29, 1.82) is 0 Å². The summed E-state index contributed by atoms with van der Waals surface area (Å²) in [7, 11) is 4.85. The highest BCUT2D eigenvalue weighted by atomic mass is 16.6. The number of rotatable bonds is 5. The van der Waals surface area contributed by atoms with Crippen molar-refractivity contribution in [2.75, 3.05) is 46.4 Å². The van der Waals surface area contributed by atoms with Gasteiger partial charge in [-0.3, -0.25) is 0 Å². The van der Waals surface area contributed by atoms with E-state index in [1.807, 2.05) is 35.0 Å². The Morgan fingerprint density at radius 3 is 2.38 bits per heavy atom. The second-order valence-electron chi connectivity index (χ2n) is 7.71. The highest BCUT2D eigenvalue weighted by Gasteiger charge is 2.25. The molecular formula is C24H27N3O5. The summed E-state index contributed by atoms with van der Waals surface area (Å²) in [5.74, 6) is 4.27. The van der Waals surface area contributed by atoms with Crippen molar-refractivity contribution in [3.05, 3.63) is 35.9 Å². The molecule has 8 nitrogen and oxygen atoms in total. The average Bonchev–Trinajstić information content (AvgIpc) is 3.03. The summed E-state index contributed by atoms with van der Waals surface area (Å²) < 4.78 is 30.1. The molecule has 8 heteroatoms. The lowest BCUT2D eigenvalue weighted by molar-refractivity contribution is 0.171. The van der Waals surface area contributed by atoms with Crippen LogP contribution in [0.1, 0.15) is 18.4 Å². The first-order chi connectivity index (χ1) is 15.7. The first-order valence-corrected chi connectivity index (χ1v) is 10.8. The fraction of sp³-hybridized carbons (Fsp3) is 0.375. The second-order valence-corrected chi connectivity index (χ2v) is 7.71. The van der Waals surface area contributed by atoms with Gasteiger partial charge < -0.3 is 29.0 Å². The number of nitrogens with zero attached hydrogens (tertiary/aromatic N) is 2. The molecule has 1 aromatic heterocycles. The minimum absolute atomic E-state index is 0.544. The van der Waals surface area contributed by atoms with Crippen LogP contribution in [-0.2, 0) is 6.42 Å². The third kappa shape index (κ3) is 3.45. The third-order valence-corrected chi connectivity index (χ3v) is 5.84. The van der Waals surface area contributed by atoms with E-state index in [9.17, 15) is 0 Å². The van der Waals surface area contributed by atoms with Gasteiger partial charge in [-0.15, -0.1) is 0 Å². The molecule has 3 heterocycles. The molecule has 0 aliphatic carbocycles. The van der Waals surface area contributed by atoms with E-state index in [1.165, 1.54) is 5.56 Å². The van der Waals surface area contributed by atoms with Crippen LogP contribution in [0.2, 0.25) is 0 Å². The zero-order chi connectivity index (χ0) is 22.1. The molecule has 1 N–H and O–H groups in total. The maximum absolute atomic E-state index is 5.80. The molecule has 0 atom stereocenters. The molecule has 0 amide bonds. The molecular weight excluding hydrogens is 410 g/mol. The van der Waals surface area contributed by atoms with Crippen LogP contribution in [0, 0.1) is 0 Å². The molecule has 32 heavy (non-hydrogen) atoms. The molecule has 0 bridgehead atoms. The highest BCUT2D eigenvalue weighted by molar-refractivity contribution is 5.75. The number of aromatic nitrogens is 2. The van der Waals surface area contributed by atoms with Crippen molar-refractivity contribution in [1.82, 2.24) is 9.78 Å². The Balaban J connectivity index is 1.67. The van der Waals surface area contributed by atoms with Crippen LogP contribution in [-0.4, -0.2) is 50.9 Å². The number of nitrogens with one attached hydrogen (secondary N) is 1. The topological polar surface area (TPSA) is 76.0 Å². The summed E-state index contributed by atoms with van der Waals surface area (Å²) in [6.45, 7) is 2.01. The third-order valence-electron chi connectivity index (χ3n) is 5.84. The minimum atomic E-state index is 0.544. The second kappa shape index (κ2) is 8.53. The van der Waals surface area contributed by atoms with E-state index in [0.29, 0.717) is 30.5 Å². The molecule has 0 saturated heterocycles.